The van der Waals surface area contributed by atoms with E-state index in [1.54, 1.807) is 0 Å². The molecule has 132 valence electrons. The molecule has 0 aromatic heterocycles. The molecule has 4 rings (SSSR count). The topological polar surface area (TPSA) is 41.3 Å². The molecule has 0 bridgehead atoms. The highest BCUT2D eigenvalue weighted by molar-refractivity contribution is 6.30. The molecule has 3 nitrogen and oxygen atoms in total. The summed E-state index contributed by atoms with van der Waals surface area (Å²) >= 11 is 5.96. The highest BCUT2D eigenvalue weighted by Crippen LogP contribution is 2.41. The van der Waals surface area contributed by atoms with Gasteiger partial charge in [-0.05, 0) is 48.2 Å². The molecule has 0 radical (unpaired) electrons. The van der Waals surface area contributed by atoms with Crippen molar-refractivity contribution in [2.24, 2.45) is 5.73 Å². The van der Waals surface area contributed by atoms with Crippen LogP contribution in [0, 0.1) is 0 Å². The smallest absolute Gasteiger partial charge is 0.0406 e. The van der Waals surface area contributed by atoms with Crippen molar-refractivity contribution in [1.29, 1.82) is 0 Å². The van der Waals surface area contributed by atoms with Gasteiger partial charge in [0.2, 0.25) is 0 Å². The fourth-order valence-electron chi connectivity index (χ4n) is 3.83. The lowest BCUT2D eigenvalue weighted by atomic mass is 10.0. The molecule has 2 aromatic carbocycles. The Kier molecular flexibility index (Phi) is 5.09. The normalized spacial score (nSPS) is 26.1. The second-order valence-electron chi connectivity index (χ2n) is 7.38. The molecule has 1 saturated carbocycles. The van der Waals surface area contributed by atoms with Crippen molar-refractivity contribution in [3.05, 3.63) is 59.1 Å². The van der Waals surface area contributed by atoms with E-state index in [4.69, 9.17) is 17.3 Å². The van der Waals surface area contributed by atoms with Gasteiger partial charge in [-0.15, -0.1) is 0 Å². The number of halogens is 1. The number of likely N-dealkylation sites (tertiary alicyclic amines) is 1. The van der Waals surface area contributed by atoms with Crippen LogP contribution in [0.5, 0.6) is 0 Å². The first-order valence-corrected chi connectivity index (χ1v) is 9.64. The Bertz CT molecular complexity index is 698. The number of hydrogen-bond acceptors (Lipinski definition) is 3. The maximum atomic E-state index is 5.96. The van der Waals surface area contributed by atoms with Gasteiger partial charge in [0.15, 0.2) is 0 Å². The summed E-state index contributed by atoms with van der Waals surface area (Å²) in [6, 6.07) is 18.0. The first-order chi connectivity index (χ1) is 12.2. The fraction of sp³-hybridized carbons (Fsp3) is 0.429. The standard InChI is InChI=1S/C21H26ClN3/c22-18-7-5-16(6-8-18)15-1-3-17(4-2-15)20-13-21(20)24-10-12-25-11-9-19(23)14-25/h1-8,19-21,24H,9-14,23H2/t19-,20+,21-/m1/s1. The van der Waals surface area contributed by atoms with Crippen molar-refractivity contribution in [2.45, 2.75) is 30.8 Å². The quantitative estimate of drug-likeness (QED) is 0.833. The number of hydrogen-bond donors (Lipinski definition) is 2. The van der Waals surface area contributed by atoms with E-state index in [1.807, 2.05) is 12.1 Å². The monoisotopic (exact) mass is 355 g/mol. The van der Waals surface area contributed by atoms with Crippen LogP contribution in [-0.2, 0) is 0 Å². The molecule has 2 aromatic rings. The third-order valence-electron chi connectivity index (χ3n) is 5.45. The Labute approximate surface area is 155 Å². The lowest BCUT2D eigenvalue weighted by molar-refractivity contribution is 0.331. The molecular formula is C21H26ClN3. The predicted molar refractivity (Wildman–Crippen MR) is 105 cm³/mol. The van der Waals surface area contributed by atoms with E-state index in [0.29, 0.717) is 18.0 Å². The van der Waals surface area contributed by atoms with Crippen molar-refractivity contribution in [3.8, 4) is 11.1 Å². The van der Waals surface area contributed by atoms with E-state index in [0.717, 1.165) is 37.6 Å². The van der Waals surface area contributed by atoms with Crippen LogP contribution < -0.4 is 11.1 Å². The van der Waals surface area contributed by atoms with Gasteiger partial charge in [-0.25, -0.2) is 0 Å². The first-order valence-electron chi connectivity index (χ1n) is 9.26. The largest absolute Gasteiger partial charge is 0.326 e. The summed E-state index contributed by atoms with van der Waals surface area (Å²) < 4.78 is 0. The van der Waals surface area contributed by atoms with Gasteiger partial charge in [0, 0.05) is 42.7 Å². The fourth-order valence-corrected chi connectivity index (χ4v) is 3.95. The minimum atomic E-state index is 0.382. The Morgan fingerprint density at radius 1 is 1.04 bits per heavy atom. The second-order valence-corrected chi connectivity index (χ2v) is 7.82. The van der Waals surface area contributed by atoms with Gasteiger partial charge in [-0.3, -0.25) is 0 Å². The Morgan fingerprint density at radius 3 is 2.36 bits per heavy atom. The molecular weight excluding hydrogens is 330 g/mol. The zero-order valence-corrected chi connectivity index (χ0v) is 15.3. The Hall–Kier alpha value is -1.39. The Balaban J connectivity index is 1.26. The maximum Gasteiger partial charge on any atom is 0.0406 e. The summed E-state index contributed by atoms with van der Waals surface area (Å²) in [6.07, 6.45) is 2.39. The highest BCUT2D eigenvalue weighted by atomic mass is 35.5. The average molecular weight is 356 g/mol. The van der Waals surface area contributed by atoms with E-state index >= 15 is 0 Å². The van der Waals surface area contributed by atoms with Gasteiger partial charge in [0.05, 0.1) is 0 Å². The summed E-state index contributed by atoms with van der Waals surface area (Å²) in [6.45, 7) is 4.40. The number of nitrogens with one attached hydrogen (secondary N) is 1. The number of rotatable bonds is 6. The van der Waals surface area contributed by atoms with Crippen LogP contribution in [0.25, 0.3) is 11.1 Å². The number of benzene rings is 2. The molecule has 1 aliphatic carbocycles. The van der Waals surface area contributed by atoms with E-state index in [9.17, 15) is 0 Å². The van der Waals surface area contributed by atoms with Crippen molar-refractivity contribution >= 4 is 11.6 Å². The molecule has 4 heteroatoms. The highest BCUT2D eigenvalue weighted by Gasteiger charge is 2.37. The van der Waals surface area contributed by atoms with E-state index < -0.39 is 0 Å². The molecule has 3 atom stereocenters. The zero-order chi connectivity index (χ0) is 17.2. The van der Waals surface area contributed by atoms with Crippen molar-refractivity contribution < 1.29 is 0 Å². The van der Waals surface area contributed by atoms with Gasteiger partial charge in [0.25, 0.3) is 0 Å². The summed E-state index contributed by atoms with van der Waals surface area (Å²) in [4.78, 5) is 2.47. The third-order valence-corrected chi connectivity index (χ3v) is 5.70. The van der Waals surface area contributed by atoms with E-state index in [-0.39, 0.29) is 0 Å². The zero-order valence-electron chi connectivity index (χ0n) is 14.5. The maximum absolute atomic E-state index is 5.96. The second kappa shape index (κ2) is 7.46. The summed E-state index contributed by atoms with van der Waals surface area (Å²) in [5.41, 5.74) is 9.86. The van der Waals surface area contributed by atoms with Crippen LogP contribution in [0.15, 0.2) is 48.5 Å². The lowest BCUT2D eigenvalue weighted by Crippen LogP contribution is -2.33. The predicted octanol–water partition coefficient (Wildman–Crippen LogP) is 3.49. The summed E-state index contributed by atoms with van der Waals surface area (Å²) in [7, 11) is 0. The minimum Gasteiger partial charge on any atom is -0.326 e. The van der Waals surface area contributed by atoms with E-state index in [1.165, 1.54) is 23.1 Å². The molecule has 0 amide bonds. The summed E-state index contributed by atoms with van der Waals surface area (Å²) in [5.74, 6) is 0.667. The molecule has 0 spiro atoms. The van der Waals surface area contributed by atoms with Crippen LogP contribution in [0.2, 0.25) is 5.02 Å². The number of nitrogens with two attached hydrogens (primary N) is 1. The van der Waals surface area contributed by atoms with Gasteiger partial charge >= 0.3 is 0 Å². The molecule has 1 heterocycles. The molecule has 1 aliphatic heterocycles. The number of nitrogens with zero attached hydrogens (tertiary/aromatic N) is 1. The molecule has 1 saturated heterocycles. The van der Waals surface area contributed by atoms with Gasteiger partial charge in [-0.2, -0.15) is 0 Å². The van der Waals surface area contributed by atoms with Gasteiger partial charge < -0.3 is 16.0 Å². The molecule has 2 fully saturated rings. The van der Waals surface area contributed by atoms with Gasteiger partial charge in [0.1, 0.15) is 0 Å². The Morgan fingerprint density at radius 2 is 1.72 bits per heavy atom. The van der Waals surface area contributed by atoms with Crippen molar-refractivity contribution in [2.75, 3.05) is 26.2 Å². The average Bonchev–Trinajstić information content (AvgIpc) is 3.28. The van der Waals surface area contributed by atoms with Crippen LogP contribution in [0.1, 0.15) is 24.3 Å². The van der Waals surface area contributed by atoms with Crippen LogP contribution in [-0.4, -0.2) is 43.2 Å². The van der Waals surface area contributed by atoms with Crippen LogP contribution >= 0.6 is 11.6 Å². The SMILES string of the molecule is N[C@@H]1CCN(CCN[C@@H]2C[C@H]2c2ccc(-c3ccc(Cl)cc3)cc2)C1. The molecule has 0 unspecified atom stereocenters. The molecule has 25 heavy (non-hydrogen) atoms. The summed E-state index contributed by atoms with van der Waals surface area (Å²) in [5, 5.41) is 4.48. The van der Waals surface area contributed by atoms with Crippen molar-refractivity contribution in [1.82, 2.24) is 10.2 Å². The minimum absolute atomic E-state index is 0.382. The third kappa shape index (κ3) is 4.24. The van der Waals surface area contributed by atoms with Crippen molar-refractivity contribution in [3.63, 3.8) is 0 Å². The molecule has 3 N–H and O–H groups in total. The first kappa shape index (κ1) is 17.0. The van der Waals surface area contributed by atoms with Crippen LogP contribution in [0.4, 0.5) is 0 Å². The van der Waals surface area contributed by atoms with E-state index in [2.05, 4.69) is 46.6 Å². The van der Waals surface area contributed by atoms with Gasteiger partial charge in [-0.1, -0.05) is 48.0 Å². The lowest BCUT2D eigenvalue weighted by Gasteiger charge is -2.15. The molecule has 2 aliphatic rings. The van der Waals surface area contributed by atoms with Crippen LogP contribution in [0.3, 0.4) is 0 Å².